The van der Waals surface area contributed by atoms with Crippen molar-refractivity contribution in [3.05, 3.63) is 65.2 Å². The maximum Gasteiger partial charge on any atom is 0.254 e. The second-order valence-electron chi connectivity index (χ2n) is 5.24. The van der Waals surface area contributed by atoms with E-state index in [0.29, 0.717) is 5.56 Å². The first-order valence-corrected chi connectivity index (χ1v) is 8.31. The third-order valence-electron chi connectivity index (χ3n) is 3.24. The van der Waals surface area contributed by atoms with E-state index in [4.69, 9.17) is 45.3 Å². The number of aryl methyl sites for hydroxylation is 1. The highest BCUT2D eigenvalue weighted by molar-refractivity contribution is 6.68. The van der Waals surface area contributed by atoms with Crippen LogP contribution in [0.15, 0.2) is 48.5 Å². The van der Waals surface area contributed by atoms with E-state index in [0.717, 1.165) is 5.56 Å². The maximum absolute atomic E-state index is 12.4. The average Bonchev–Trinajstić information content (AvgIpc) is 2.53. The molecule has 0 aromatic heterocycles. The van der Waals surface area contributed by atoms with Gasteiger partial charge in [0.2, 0.25) is 10.0 Å². The zero-order valence-electron chi connectivity index (χ0n) is 13.1. The fourth-order valence-corrected chi connectivity index (χ4v) is 2.36. The van der Waals surface area contributed by atoms with Crippen molar-refractivity contribution in [1.82, 2.24) is 5.32 Å². The van der Waals surface area contributed by atoms with Crippen LogP contribution in [-0.2, 0) is 0 Å². The van der Waals surface area contributed by atoms with E-state index in [1.165, 1.54) is 12.1 Å². The summed E-state index contributed by atoms with van der Waals surface area (Å²) in [5.74, 6) is -1.10. The van der Waals surface area contributed by atoms with E-state index in [2.05, 4.69) is 5.32 Å². The van der Waals surface area contributed by atoms with Gasteiger partial charge in [-0.2, -0.15) is 0 Å². The molecule has 8 heteroatoms. The lowest BCUT2D eigenvalue weighted by molar-refractivity contribution is 0.0830. The van der Waals surface area contributed by atoms with Crippen LogP contribution < -0.4 is 15.8 Å². The Morgan fingerprint density at radius 3 is 2.40 bits per heavy atom. The van der Waals surface area contributed by atoms with Gasteiger partial charge in [0.15, 0.2) is 0 Å². The van der Waals surface area contributed by atoms with Gasteiger partial charge in [0.1, 0.15) is 5.75 Å². The Hall–Kier alpha value is -1.95. The Kier molecular flexibility index (Phi) is 6.16. The molecular formula is C17H15Cl3N2O3. The van der Waals surface area contributed by atoms with Crippen LogP contribution in [0.5, 0.6) is 5.75 Å². The molecule has 2 aromatic carbocycles. The first kappa shape index (κ1) is 19.4. The van der Waals surface area contributed by atoms with E-state index in [1.54, 1.807) is 30.3 Å². The largest absolute Gasteiger partial charge is 0.465 e. The van der Waals surface area contributed by atoms with Crippen molar-refractivity contribution in [1.29, 1.82) is 0 Å². The first-order valence-electron chi connectivity index (χ1n) is 7.18. The first-order chi connectivity index (χ1) is 11.7. The van der Waals surface area contributed by atoms with Crippen LogP contribution >= 0.6 is 34.8 Å². The number of primary amides is 1. The van der Waals surface area contributed by atoms with Crippen molar-refractivity contribution < 1.29 is 14.3 Å². The summed E-state index contributed by atoms with van der Waals surface area (Å²) in [6.07, 6.45) is -1.34. The van der Waals surface area contributed by atoms with Crippen LogP contribution in [0.3, 0.4) is 0 Å². The molecule has 0 aliphatic carbocycles. The van der Waals surface area contributed by atoms with Gasteiger partial charge in [-0.3, -0.25) is 9.59 Å². The monoisotopic (exact) mass is 400 g/mol. The molecule has 0 radical (unpaired) electrons. The lowest BCUT2D eigenvalue weighted by Gasteiger charge is -2.27. The van der Waals surface area contributed by atoms with Crippen molar-refractivity contribution in [2.75, 3.05) is 0 Å². The Labute approximate surface area is 160 Å². The molecule has 0 saturated heterocycles. The SMILES string of the molecule is Cc1cccc(C(=O)NC(Oc2ccccc2C(N)=O)C(Cl)(Cl)Cl)c1. The highest BCUT2D eigenvalue weighted by atomic mass is 35.6. The number of amides is 2. The number of halogens is 3. The van der Waals surface area contributed by atoms with Gasteiger partial charge in [-0.1, -0.05) is 64.6 Å². The molecule has 5 nitrogen and oxygen atoms in total. The van der Waals surface area contributed by atoms with Gasteiger partial charge in [0, 0.05) is 5.56 Å². The molecule has 1 unspecified atom stereocenters. The molecule has 0 aliphatic heterocycles. The average molecular weight is 402 g/mol. The lowest BCUT2D eigenvalue weighted by atomic mass is 10.1. The summed E-state index contributed by atoms with van der Waals surface area (Å²) in [6.45, 7) is 1.85. The normalized spacial score (nSPS) is 12.3. The number of carbonyl (C=O) groups excluding carboxylic acids is 2. The quantitative estimate of drug-likeness (QED) is 0.593. The molecule has 0 bridgehead atoms. The molecule has 0 fully saturated rings. The van der Waals surface area contributed by atoms with Crippen LogP contribution in [0.4, 0.5) is 0 Å². The molecular weight excluding hydrogens is 387 g/mol. The molecule has 3 N–H and O–H groups in total. The van der Waals surface area contributed by atoms with Crippen LogP contribution in [0.25, 0.3) is 0 Å². The number of hydrogen-bond donors (Lipinski definition) is 2. The molecule has 132 valence electrons. The summed E-state index contributed by atoms with van der Waals surface area (Å²) in [7, 11) is 0. The van der Waals surface area contributed by atoms with E-state index >= 15 is 0 Å². The molecule has 0 saturated carbocycles. The smallest absolute Gasteiger partial charge is 0.254 e. The number of rotatable bonds is 5. The topological polar surface area (TPSA) is 81.4 Å². The zero-order chi connectivity index (χ0) is 18.6. The molecule has 2 amide bonds. The molecule has 25 heavy (non-hydrogen) atoms. The number of hydrogen-bond acceptors (Lipinski definition) is 3. The summed E-state index contributed by atoms with van der Waals surface area (Å²) in [5, 5.41) is 2.51. The number of nitrogens with one attached hydrogen (secondary N) is 1. The predicted octanol–water partition coefficient (Wildman–Crippen LogP) is 3.60. The van der Waals surface area contributed by atoms with Crippen molar-refractivity contribution in [3.63, 3.8) is 0 Å². The molecule has 0 heterocycles. The maximum atomic E-state index is 12.4. The third kappa shape index (κ3) is 5.26. The highest BCUT2D eigenvalue weighted by Crippen LogP contribution is 2.33. The van der Waals surface area contributed by atoms with Gasteiger partial charge in [-0.25, -0.2) is 0 Å². The minimum Gasteiger partial charge on any atom is -0.465 e. The van der Waals surface area contributed by atoms with E-state index in [1.807, 2.05) is 13.0 Å². The van der Waals surface area contributed by atoms with E-state index in [-0.39, 0.29) is 11.3 Å². The summed E-state index contributed by atoms with van der Waals surface area (Å²) in [5.41, 5.74) is 6.69. The number of carbonyl (C=O) groups is 2. The second-order valence-corrected chi connectivity index (χ2v) is 7.61. The number of ether oxygens (including phenoxy) is 1. The van der Waals surface area contributed by atoms with Gasteiger partial charge in [-0.15, -0.1) is 0 Å². The van der Waals surface area contributed by atoms with Crippen LogP contribution in [0, 0.1) is 6.92 Å². The van der Waals surface area contributed by atoms with Crippen molar-refractivity contribution in [2.45, 2.75) is 16.9 Å². The minimum atomic E-state index is -1.98. The molecule has 1 atom stereocenters. The van der Waals surface area contributed by atoms with Gasteiger partial charge in [0.25, 0.3) is 11.8 Å². The lowest BCUT2D eigenvalue weighted by Crippen LogP contribution is -2.48. The van der Waals surface area contributed by atoms with Crippen molar-refractivity contribution >= 4 is 46.6 Å². The highest BCUT2D eigenvalue weighted by Gasteiger charge is 2.37. The minimum absolute atomic E-state index is 0.0934. The Bertz CT molecular complexity index is 791. The standard InChI is InChI=1S/C17H15Cl3N2O3/c1-10-5-4-6-11(9-10)15(24)22-16(17(18,19)20)25-13-8-3-2-7-12(13)14(21)23/h2-9,16H,1H3,(H2,21,23)(H,22,24). The third-order valence-corrected chi connectivity index (χ3v) is 3.83. The van der Waals surface area contributed by atoms with Crippen molar-refractivity contribution in [2.24, 2.45) is 5.73 Å². The van der Waals surface area contributed by atoms with Crippen LogP contribution in [0.2, 0.25) is 0 Å². The van der Waals surface area contributed by atoms with Gasteiger partial charge in [-0.05, 0) is 31.2 Å². The Morgan fingerprint density at radius 1 is 1.12 bits per heavy atom. The predicted molar refractivity (Wildman–Crippen MR) is 98.3 cm³/mol. The number of benzene rings is 2. The summed E-state index contributed by atoms with van der Waals surface area (Å²) >= 11 is 17.8. The van der Waals surface area contributed by atoms with E-state index in [9.17, 15) is 9.59 Å². The molecule has 2 aromatic rings. The number of alkyl halides is 3. The fraction of sp³-hybridized carbons (Fsp3) is 0.176. The van der Waals surface area contributed by atoms with Gasteiger partial charge < -0.3 is 15.8 Å². The van der Waals surface area contributed by atoms with Crippen molar-refractivity contribution in [3.8, 4) is 5.75 Å². The zero-order valence-corrected chi connectivity index (χ0v) is 15.4. The molecule has 0 spiro atoms. The van der Waals surface area contributed by atoms with Crippen LogP contribution in [-0.4, -0.2) is 21.8 Å². The second kappa shape index (κ2) is 7.95. The summed E-state index contributed by atoms with van der Waals surface area (Å²) in [6, 6.07) is 13.1. The summed E-state index contributed by atoms with van der Waals surface area (Å²) < 4.78 is 3.58. The van der Waals surface area contributed by atoms with Gasteiger partial charge in [0.05, 0.1) is 5.56 Å². The Balaban J connectivity index is 2.26. The molecule has 2 rings (SSSR count). The van der Waals surface area contributed by atoms with E-state index < -0.39 is 21.8 Å². The van der Waals surface area contributed by atoms with Gasteiger partial charge >= 0.3 is 0 Å². The summed E-state index contributed by atoms with van der Waals surface area (Å²) in [4.78, 5) is 23.9. The number of para-hydroxylation sites is 1. The number of nitrogens with two attached hydrogens (primary N) is 1. The molecule has 0 aliphatic rings. The fourth-order valence-electron chi connectivity index (χ4n) is 2.07. The van der Waals surface area contributed by atoms with Crippen LogP contribution in [0.1, 0.15) is 26.3 Å². The Morgan fingerprint density at radius 2 is 1.80 bits per heavy atom.